The van der Waals surface area contributed by atoms with Crippen molar-refractivity contribution in [3.8, 4) is 0 Å². The Hall–Kier alpha value is -0.110. The summed E-state index contributed by atoms with van der Waals surface area (Å²) in [4.78, 5) is 1.85. The maximum atomic E-state index is 13.1. The van der Waals surface area contributed by atoms with Gasteiger partial charge in [-0.05, 0) is 22.0 Å². The zero-order chi connectivity index (χ0) is 12.5. The number of alkyl halides is 3. The molecule has 1 aromatic rings. The lowest BCUT2D eigenvalue weighted by molar-refractivity contribution is -0.186. The zero-order valence-corrected chi connectivity index (χ0v) is 11.3. The Morgan fingerprint density at radius 3 is 2.47 bits per heavy atom. The number of thiophene rings is 1. The summed E-state index contributed by atoms with van der Waals surface area (Å²) >= 11 is 4.35. The highest BCUT2D eigenvalue weighted by molar-refractivity contribution is 9.10. The highest BCUT2D eigenvalue weighted by atomic mass is 79.9. The van der Waals surface area contributed by atoms with E-state index in [1.54, 1.807) is 11.4 Å². The van der Waals surface area contributed by atoms with Crippen molar-refractivity contribution >= 4 is 27.3 Å². The van der Waals surface area contributed by atoms with Gasteiger partial charge in [-0.1, -0.05) is 0 Å². The fourth-order valence-corrected chi connectivity index (χ4v) is 3.56. The fourth-order valence-electron chi connectivity index (χ4n) is 1.96. The normalized spacial score (nSPS) is 20.5. The highest BCUT2D eigenvalue weighted by Gasteiger charge is 2.45. The molecular weight excluding hydrogens is 317 g/mol. The highest BCUT2D eigenvalue weighted by Crippen LogP contribution is 2.41. The fraction of sp³-hybridized carbons (Fsp3) is 0.600. The van der Waals surface area contributed by atoms with Crippen molar-refractivity contribution in [2.45, 2.75) is 12.2 Å². The molecule has 1 aromatic heterocycles. The summed E-state index contributed by atoms with van der Waals surface area (Å²) in [5.74, 6) is 0. The minimum atomic E-state index is -4.22. The number of nitrogens with zero attached hydrogens (tertiary/aromatic N) is 1. The summed E-state index contributed by atoms with van der Waals surface area (Å²) in [6.07, 6.45) is -4.22. The molecule has 0 amide bonds. The Kier molecular flexibility index (Phi) is 4.12. The van der Waals surface area contributed by atoms with Crippen LogP contribution in [0.25, 0.3) is 0 Å². The van der Waals surface area contributed by atoms with Crippen LogP contribution in [0.2, 0.25) is 0 Å². The van der Waals surface area contributed by atoms with Crippen molar-refractivity contribution in [3.05, 3.63) is 20.8 Å². The van der Waals surface area contributed by atoms with Crippen molar-refractivity contribution in [2.24, 2.45) is 0 Å². The van der Waals surface area contributed by atoms with Gasteiger partial charge in [0.15, 0.2) is 0 Å². The SMILES string of the molecule is FC(F)(F)[C@H](c1cc(Br)cs1)N1CCNCC1. The van der Waals surface area contributed by atoms with Gasteiger partial charge in [0.25, 0.3) is 0 Å². The molecule has 0 bridgehead atoms. The predicted octanol–water partition coefficient (Wildman–Crippen LogP) is 3.02. The summed E-state index contributed by atoms with van der Waals surface area (Å²) < 4.78 is 40.1. The van der Waals surface area contributed by atoms with Crippen molar-refractivity contribution in [2.75, 3.05) is 26.2 Å². The standard InChI is InChI=1S/C10H12BrF3N2S/c11-7-5-8(17-6-7)9(10(12,13)14)16-3-1-15-2-4-16/h5-6,9,15H,1-4H2/t9-/m0/s1. The monoisotopic (exact) mass is 328 g/mol. The minimum absolute atomic E-state index is 0.353. The van der Waals surface area contributed by atoms with Crippen LogP contribution in [-0.4, -0.2) is 37.3 Å². The maximum absolute atomic E-state index is 13.1. The third-order valence-corrected chi connectivity index (χ3v) is 4.43. The molecule has 17 heavy (non-hydrogen) atoms. The van der Waals surface area contributed by atoms with E-state index in [1.807, 2.05) is 0 Å². The van der Waals surface area contributed by atoms with Gasteiger partial charge in [-0.2, -0.15) is 13.2 Å². The largest absolute Gasteiger partial charge is 0.408 e. The Balaban J connectivity index is 2.24. The van der Waals surface area contributed by atoms with Crippen LogP contribution >= 0.6 is 27.3 Å². The van der Waals surface area contributed by atoms with Crippen molar-refractivity contribution in [3.63, 3.8) is 0 Å². The van der Waals surface area contributed by atoms with E-state index < -0.39 is 12.2 Å². The number of piperazine rings is 1. The summed E-state index contributed by atoms with van der Waals surface area (Å²) in [6, 6.07) is 0.0890. The zero-order valence-electron chi connectivity index (χ0n) is 8.93. The summed E-state index contributed by atoms with van der Waals surface area (Å²) in [7, 11) is 0. The molecule has 1 aliphatic rings. The van der Waals surface area contributed by atoms with Crippen LogP contribution in [0.4, 0.5) is 13.2 Å². The van der Waals surface area contributed by atoms with Crippen LogP contribution in [0.5, 0.6) is 0 Å². The second kappa shape index (κ2) is 5.26. The smallest absolute Gasteiger partial charge is 0.314 e. The van der Waals surface area contributed by atoms with Gasteiger partial charge < -0.3 is 5.32 Å². The number of hydrogen-bond acceptors (Lipinski definition) is 3. The molecule has 0 spiro atoms. The van der Waals surface area contributed by atoms with Crippen molar-refractivity contribution < 1.29 is 13.2 Å². The van der Waals surface area contributed by atoms with E-state index in [2.05, 4.69) is 21.2 Å². The topological polar surface area (TPSA) is 15.3 Å². The molecule has 2 heterocycles. The van der Waals surface area contributed by atoms with Gasteiger partial charge in [-0.3, -0.25) is 4.90 Å². The Bertz CT molecular complexity index is 374. The number of hydrogen-bond donors (Lipinski definition) is 1. The first kappa shape index (κ1) is 13.3. The molecule has 7 heteroatoms. The van der Waals surface area contributed by atoms with E-state index in [-0.39, 0.29) is 0 Å². The Morgan fingerprint density at radius 2 is 2.00 bits per heavy atom. The molecule has 0 saturated carbocycles. The molecule has 1 N–H and O–H groups in total. The molecular formula is C10H12BrF3N2S. The van der Waals surface area contributed by atoms with E-state index in [9.17, 15) is 13.2 Å². The molecule has 1 fully saturated rings. The average molecular weight is 329 g/mol. The van der Waals surface area contributed by atoms with Crippen LogP contribution in [0.3, 0.4) is 0 Å². The van der Waals surface area contributed by atoms with Crippen LogP contribution in [0, 0.1) is 0 Å². The first-order valence-electron chi connectivity index (χ1n) is 5.24. The third kappa shape index (κ3) is 3.21. The maximum Gasteiger partial charge on any atom is 0.408 e. The summed E-state index contributed by atoms with van der Waals surface area (Å²) in [5.41, 5.74) is 0. The predicted molar refractivity (Wildman–Crippen MR) is 65.3 cm³/mol. The molecule has 2 nitrogen and oxygen atoms in total. The quantitative estimate of drug-likeness (QED) is 0.897. The van der Waals surface area contributed by atoms with Crippen molar-refractivity contribution in [1.82, 2.24) is 10.2 Å². The first-order valence-corrected chi connectivity index (χ1v) is 6.91. The average Bonchev–Trinajstić information content (AvgIpc) is 2.64. The molecule has 96 valence electrons. The molecule has 0 aliphatic carbocycles. The van der Waals surface area contributed by atoms with Gasteiger partial charge in [0.2, 0.25) is 0 Å². The van der Waals surface area contributed by atoms with Gasteiger partial charge in [0.1, 0.15) is 6.04 Å². The Morgan fingerprint density at radius 1 is 1.35 bits per heavy atom. The van der Waals surface area contributed by atoms with Crippen molar-refractivity contribution in [1.29, 1.82) is 0 Å². The Labute approximate surface area is 110 Å². The third-order valence-electron chi connectivity index (χ3n) is 2.68. The second-order valence-corrected chi connectivity index (χ2v) is 5.76. The molecule has 1 atom stereocenters. The summed E-state index contributed by atoms with van der Waals surface area (Å²) in [6.45, 7) is 2.08. The molecule has 0 unspecified atom stereocenters. The summed E-state index contributed by atoms with van der Waals surface area (Å²) in [5, 5.41) is 4.75. The molecule has 2 rings (SSSR count). The van der Waals surface area contributed by atoms with Gasteiger partial charge in [0.05, 0.1) is 0 Å². The van der Waals surface area contributed by atoms with E-state index >= 15 is 0 Å². The number of nitrogens with one attached hydrogen (secondary N) is 1. The van der Waals surface area contributed by atoms with E-state index in [0.29, 0.717) is 35.5 Å². The van der Waals surface area contributed by atoms with Crippen LogP contribution in [0.15, 0.2) is 15.9 Å². The van der Waals surface area contributed by atoms with Gasteiger partial charge in [-0.25, -0.2) is 0 Å². The second-order valence-electron chi connectivity index (χ2n) is 3.90. The lowest BCUT2D eigenvalue weighted by Crippen LogP contribution is -2.48. The molecule has 1 saturated heterocycles. The van der Waals surface area contributed by atoms with E-state index in [1.165, 1.54) is 4.90 Å². The molecule has 0 aromatic carbocycles. The lowest BCUT2D eigenvalue weighted by Gasteiger charge is -2.35. The van der Waals surface area contributed by atoms with Gasteiger partial charge in [-0.15, -0.1) is 11.3 Å². The van der Waals surface area contributed by atoms with Crippen LogP contribution < -0.4 is 5.32 Å². The number of halogens is 4. The molecule has 1 aliphatic heterocycles. The van der Waals surface area contributed by atoms with E-state index in [4.69, 9.17) is 0 Å². The first-order chi connectivity index (χ1) is 7.98. The van der Waals surface area contributed by atoms with Gasteiger partial charge in [0, 0.05) is 40.9 Å². The van der Waals surface area contributed by atoms with Crippen LogP contribution in [0.1, 0.15) is 10.9 Å². The number of rotatable bonds is 2. The van der Waals surface area contributed by atoms with E-state index in [0.717, 1.165) is 11.3 Å². The molecule has 0 radical (unpaired) electrons. The van der Waals surface area contributed by atoms with Gasteiger partial charge >= 0.3 is 6.18 Å². The van der Waals surface area contributed by atoms with Crippen LogP contribution in [-0.2, 0) is 0 Å². The minimum Gasteiger partial charge on any atom is -0.314 e. The lowest BCUT2D eigenvalue weighted by atomic mass is 10.1.